The van der Waals surface area contributed by atoms with E-state index in [1.807, 2.05) is 30.3 Å². The molecule has 1 aliphatic rings. The number of benzene rings is 1. The van der Waals surface area contributed by atoms with Gasteiger partial charge in [-0.05, 0) is 24.1 Å². The van der Waals surface area contributed by atoms with E-state index >= 15 is 0 Å². The summed E-state index contributed by atoms with van der Waals surface area (Å²) in [4.78, 5) is 22.2. The van der Waals surface area contributed by atoms with E-state index in [-0.39, 0.29) is 19.1 Å². The highest BCUT2D eigenvalue weighted by atomic mass is 16.5. The van der Waals surface area contributed by atoms with Crippen molar-refractivity contribution < 1.29 is 24.2 Å². The van der Waals surface area contributed by atoms with Gasteiger partial charge in [-0.15, -0.1) is 0 Å². The molecule has 2 rings (SSSR count). The zero-order chi connectivity index (χ0) is 16.5. The molecule has 0 fully saturated rings. The van der Waals surface area contributed by atoms with E-state index in [0.717, 1.165) is 11.3 Å². The molecule has 0 atom stereocenters. The first-order valence-corrected chi connectivity index (χ1v) is 7.29. The zero-order valence-electron chi connectivity index (χ0n) is 12.7. The average molecular weight is 317 g/mol. The number of carboxylic acids is 1. The summed E-state index contributed by atoms with van der Waals surface area (Å²) in [5.74, 6) is -0.620. The fraction of sp³-hybridized carbons (Fsp3) is 0.294. The molecule has 0 aliphatic heterocycles. The highest BCUT2D eigenvalue weighted by Gasteiger charge is 2.11. The van der Waals surface area contributed by atoms with Crippen LogP contribution in [-0.4, -0.2) is 30.2 Å². The van der Waals surface area contributed by atoms with Crippen LogP contribution in [0.5, 0.6) is 0 Å². The van der Waals surface area contributed by atoms with E-state index in [1.165, 1.54) is 0 Å². The predicted molar refractivity (Wildman–Crippen MR) is 83.2 cm³/mol. The van der Waals surface area contributed by atoms with Gasteiger partial charge in [0.25, 0.3) is 0 Å². The summed E-state index contributed by atoms with van der Waals surface area (Å²) in [6, 6.07) is 9.63. The number of hydrogen-bond donors (Lipinski definition) is 2. The van der Waals surface area contributed by atoms with Gasteiger partial charge in [-0.3, -0.25) is 4.79 Å². The SMILES string of the molecule is O=C(O)COC1=CC=C(NC(=O)COCc2ccccc2)CC1. The Bertz CT molecular complexity index is 607. The molecule has 122 valence electrons. The lowest BCUT2D eigenvalue weighted by atomic mass is 10.1. The van der Waals surface area contributed by atoms with Crippen LogP contribution in [0.15, 0.2) is 53.9 Å². The van der Waals surface area contributed by atoms with Crippen molar-refractivity contribution >= 4 is 11.9 Å². The molecule has 23 heavy (non-hydrogen) atoms. The van der Waals surface area contributed by atoms with E-state index in [0.29, 0.717) is 25.2 Å². The monoisotopic (exact) mass is 317 g/mol. The van der Waals surface area contributed by atoms with Crippen molar-refractivity contribution in [2.75, 3.05) is 13.2 Å². The minimum atomic E-state index is -1.01. The van der Waals surface area contributed by atoms with Crippen molar-refractivity contribution in [2.24, 2.45) is 0 Å². The molecule has 6 heteroatoms. The van der Waals surface area contributed by atoms with Crippen molar-refractivity contribution in [1.82, 2.24) is 5.32 Å². The quantitative estimate of drug-likeness (QED) is 0.766. The number of carbonyl (C=O) groups is 2. The van der Waals surface area contributed by atoms with Crippen molar-refractivity contribution in [2.45, 2.75) is 19.4 Å². The van der Waals surface area contributed by atoms with Crippen LogP contribution in [-0.2, 0) is 25.7 Å². The fourth-order valence-corrected chi connectivity index (χ4v) is 2.05. The Morgan fingerprint density at radius 2 is 1.87 bits per heavy atom. The number of ether oxygens (including phenoxy) is 2. The number of nitrogens with one attached hydrogen (secondary N) is 1. The van der Waals surface area contributed by atoms with Gasteiger partial charge in [0.05, 0.1) is 12.4 Å². The lowest BCUT2D eigenvalue weighted by Crippen LogP contribution is -2.27. The van der Waals surface area contributed by atoms with E-state index in [4.69, 9.17) is 14.6 Å². The first-order valence-electron chi connectivity index (χ1n) is 7.29. The van der Waals surface area contributed by atoms with Gasteiger partial charge < -0.3 is 19.9 Å². The molecule has 1 aromatic rings. The second-order valence-corrected chi connectivity index (χ2v) is 5.03. The minimum absolute atomic E-state index is 0.0156. The molecule has 2 N–H and O–H groups in total. The van der Waals surface area contributed by atoms with Crippen LogP contribution >= 0.6 is 0 Å². The molecule has 0 saturated heterocycles. The number of carbonyl (C=O) groups excluding carboxylic acids is 1. The van der Waals surface area contributed by atoms with Gasteiger partial charge in [0.2, 0.25) is 5.91 Å². The summed E-state index contributed by atoms with van der Waals surface area (Å²) in [6.45, 7) is 0.0212. The summed E-state index contributed by atoms with van der Waals surface area (Å²) < 4.78 is 10.5. The van der Waals surface area contributed by atoms with Crippen LogP contribution in [0.3, 0.4) is 0 Å². The van der Waals surface area contributed by atoms with E-state index in [9.17, 15) is 9.59 Å². The smallest absolute Gasteiger partial charge is 0.341 e. The standard InChI is InChI=1S/C17H19NO5/c19-16(11-22-10-13-4-2-1-3-5-13)18-14-6-8-15(9-7-14)23-12-17(20)21/h1-6,8H,7,9-12H2,(H,18,19)(H,20,21). The topological polar surface area (TPSA) is 84.9 Å². The third kappa shape index (κ3) is 6.36. The molecule has 6 nitrogen and oxygen atoms in total. The molecule has 0 bridgehead atoms. The summed E-state index contributed by atoms with van der Waals surface area (Å²) in [5.41, 5.74) is 1.78. The number of aliphatic carboxylic acids is 1. The van der Waals surface area contributed by atoms with Gasteiger partial charge in [0.15, 0.2) is 6.61 Å². The Hall–Kier alpha value is -2.60. The van der Waals surface area contributed by atoms with E-state index < -0.39 is 5.97 Å². The predicted octanol–water partition coefficient (Wildman–Crippen LogP) is 1.98. The van der Waals surface area contributed by atoms with Crippen LogP contribution < -0.4 is 5.32 Å². The molecule has 1 aromatic carbocycles. The Morgan fingerprint density at radius 1 is 1.09 bits per heavy atom. The summed E-state index contributed by atoms with van der Waals surface area (Å²) in [6.07, 6.45) is 4.54. The van der Waals surface area contributed by atoms with Gasteiger partial charge in [-0.25, -0.2) is 4.79 Å². The normalized spacial score (nSPS) is 13.7. The molecule has 0 aromatic heterocycles. The van der Waals surface area contributed by atoms with Crippen LogP contribution in [0.4, 0.5) is 0 Å². The van der Waals surface area contributed by atoms with Gasteiger partial charge >= 0.3 is 5.97 Å². The highest BCUT2D eigenvalue weighted by Crippen LogP contribution is 2.17. The van der Waals surface area contributed by atoms with Crippen molar-refractivity contribution in [1.29, 1.82) is 0 Å². The summed E-state index contributed by atoms with van der Waals surface area (Å²) >= 11 is 0. The highest BCUT2D eigenvalue weighted by molar-refractivity contribution is 5.79. The second-order valence-electron chi connectivity index (χ2n) is 5.03. The molecule has 1 amide bonds. The first-order chi connectivity index (χ1) is 11.1. The molecule has 0 saturated carbocycles. The molecule has 0 unspecified atom stereocenters. The number of amides is 1. The minimum Gasteiger partial charge on any atom is -0.486 e. The fourth-order valence-electron chi connectivity index (χ4n) is 2.05. The lowest BCUT2D eigenvalue weighted by Gasteiger charge is -2.15. The van der Waals surface area contributed by atoms with Gasteiger partial charge in [0.1, 0.15) is 6.61 Å². The third-order valence-corrected chi connectivity index (χ3v) is 3.14. The largest absolute Gasteiger partial charge is 0.486 e. The van der Waals surface area contributed by atoms with Gasteiger partial charge in [0, 0.05) is 12.1 Å². The maximum Gasteiger partial charge on any atom is 0.341 e. The zero-order valence-corrected chi connectivity index (χ0v) is 12.7. The van der Waals surface area contributed by atoms with Crippen molar-refractivity contribution in [3.05, 3.63) is 59.5 Å². The van der Waals surface area contributed by atoms with Crippen LogP contribution in [0.25, 0.3) is 0 Å². The molecular formula is C17H19NO5. The van der Waals surface area contributed by atoms with E-state index in [2.05, 4.69) is 5.32 Å². The maximum absolute atomic E-state index is 11.8. The molecule has 0 radical (unpaired) electrons. The van der Waals surface area contributed by atoms with Crippen LogP contribution in [0.2, 0.25) is 0 Å². The second kappa shape index (κ2) is 8.75. The van der Waals surface area contributed by atoms with E-state index in [1.54, 1.807) is 12.2 Å². The molecular weight excluding hydrogens is 298 g/mol. The summed E-state index contributed by atoms with van der Waals surface area (Å²) in [5, 5.41) is 11.3. The third-order valence-electron chi connectivity index (χ3n) is 3.14. The van der Waals surface area contributed by atoms with Crippen LogP contribution in [0, 0.1) is 0 Å². The molecule has 0 heterocycles. The number of hydrogen-bond acceptors (Lipinski definition) is 4. The van der Waals surface area contributed by atoms with Gasteiger partial charge in [-0.1, -0.05) is 30.3 Å². The maximum atomic E-state index is 11.8. The summed E-state index contributed by atoms with van der Waals surface area (Å²) in [7, 11) is 0. The van der Waals surface area contributed by atoms with Crippen LogP contribution in [0.1, 0.15) is 18.4 Å². The molecule has 0 spiro atoms. The van der Waals surface area contributed by atoms with Gasteiger partial charge in [-0.2, -0.15) is 0 Å². The first kappa shape index (κ1) is 16.8. The van der Waals surface area contributed by atoms with Crippen molar-refractivity contribution in [3.8, 4) is 0 Å². The Balaban J connectivity index is 1.70. The number of allylic oxidation sites excluding steroid dienone is 4. The Morgan fingerprint density at radius 3 is 2.52 bits per heavy atom. The number of rotatable bonds is 8. The number of carboxylic acid groups (broad SMARTS) is 1. The molecule has 1 aliphatic carbocycles. The lowest BCUT2D eigenvalue weighted by molar-refractivity contribution is -0.140. The average Bonchev–Trinajstić information content (AvgIpc) is 2.55. The Labute approximate surface area is 134 Å². The van der Waals surface area contributed by atoms with Crippen molar-refractivity contribution in [3.63, 3.8) is 0 Å². The Kier molecular flexibility index (Phi) is 6.38.